The van der Waals surface area contributed by atoms with E-state index in [4.69, 9.17) is 4.42 Å². The SMILES string of the molecule is O=C(O)c1c(-c2ccccc2)c2c(oc1=O)C[C@H](O)C=C2. The minimum Gasteiger partial charge on any atom is -0.477 e. The lowest BCUT2D eigenvalue weighted by Gasteiger charge is -2.18. The second-order valence-corrected chi connectivity index (χ2v) is 4.78. The monoisotopic (exact) mass is 284 g/mol. The van der Waals surface area contributed by atoms with Crippen molar-refractivity contribution in [3.05, 3.63) is 63.7 Å². The normalized spacial score (nSPS) is 16.5. The van der Waals surface area contributed by atoms with Crippen LogP contribution in [0, 0.1) is 0 Å². The standard InChI is InChI=1S/C16H12O5/c17-10-6-7-11-12(8-10)21-16(20)14(15(18)19)13(11)9-4-2-1-3-5-9/h1-7,10,17H,8H2,(H,18,19)/t10-/m1/s1. The molecule has 0 saturated heterocycles. The van der Waals surface area contributed by atoms with Crippen molar-refractivity contribution in [3.8, 4) is 11.1 Å². The van der Waals surface area contributed by atoms with Gasteiger partial charge in [0.15, 0.2) is 5.56 Å². The molecule has 5 nitrogen and oxygen atoms in total. The smallest absolute Gasteiger partial charge is 0.351 e. The Kier molecular flexibility index (Phi) is 3.19. The van der Waals surface area contributed by atoms with Crippen molar-refractivity contribution >= 4 is 12.0 Å². The van der Waals surface area contributed by atoms with Crippen LogP contribution in [0.3, 0.4) is 0 Å². The highest BCUT2D eigenvalue weighted by Crippen LogP contribution is 2.32. The number of aliphatic hydroxyl groups is 1. The van der Waals surface area contributed by atoms with Crippen LogP contribution in [0.1, 0.15) is 21.7 Å². The van der Waals surface area contributed by atoms with Crippen LogP contribution in [0.25, 0.3) is 17.2 Å². The third-order valence-corrected chi connectivity index (χ3v) is 3.40. The van der Waals surface area contributed by atoms with Gasteiger partial charge in [-0.2, -0.15) is 0 Å². The summed E-state index contributed by atoms with van der Waals surface area (Å²) in [6.45, 7) is 0. The van der Waals surface area contributed by atoms with Crippen molar-refractivity contribution in [2.45, 2.75) is 12.5 Å². The summed E-state index contributed by atoms with van der Waals surface area (Å²) in [4.78, 5) is 23.4. The van der Waals surface area contributed by atoms with Crippen LogP contribution >= 0.6 is 0 Å². The molecular formula is C16H12O5. The van der Waals surface area contributed by atoms with E-state index in [1.165, 1.54) is 0 Å². The molecule has 21 heavy (non-hydrogen) atoms. The molecular weight excluding hydrogens is 272 g/mol. The summed E-state index contributed by atoms with van der Waals surface area (Å²) in [7, 11) is 0. The molecule has 0 aliphatic heterocycles. The molecule has 1 aliphatic carbocycles. The Labute approximate surface area is 119 Å². The van der Waals surface area contributed by atoms with Crippen molar-refractivity contribution < 1.29 is 19.4 Å². The second kappa shape index (κ2) is 5.03. The largest absolute Gasteiger partial charge is 0.477 e. The predicted molar refractivity (Wildman–Crippen MR) is 76.1 cm³/mol. The Balaban J connectivity index is 2.38. The van der Waals surface area contributed by atoms with Gasteiger partial charge in [-0.05, 0) is 5.56 Å². The van der Waals surface area contributed by atoms with Gasteiger partial charge in [-0.3, -0.25) is 0 Å². The Bertz CT molecular complexity index is 786. The lowest BCUT2D eigenvalue weighted by Crippen LogP contribution is -2.21. The van der Waals surface area contributed by atoms with Crippen LogP contribution in [-0.4, -0.2) is 22.3 Å². The summed E-state index contributed by atoms with van der Waals surface area (Å²) in [5.74, 6) is -1.02. The summed E-state index contributed by atoms with van der Waals surface area (Å²) >= 11 is 0. The van der Waals surface area contributed by atoms with Gasteiger partial charge in [-0.25, -0.2) is 9.59 Å². The van der Waals surface area contributed by atoms with E-state index in [1.807, 2.05) is 0 Å². The number of aromatic carboxylic acids is 1. The van der Waals surface area contributed by atoms with E-state index in [9.17, 15) is 19.8 Å². The van der Waals surface area contributed by atoms with Crippen LogP contribution in [-0.2, 0) is 6.42 Å². The van der Waals surface area contributed by atoms with E-state index in [0.29, 0.717) is 22.5 Å². The number of carboxylic acid groups (broad SMARTS) is 1. The molecule has 2 N–H and O–H groups in total. The summed E-state index contributed by atoms with van der Waals surface area (Å²) in [5, 5.41) is 18.9. The first-order chi connectivity index (χ1) is 10.1. The molecule has 1 aliphatic rings. The van der Waals surface area contributed by atoms with Gasteiger partial charge < -0.3 is 14.6 Å². The van der Waals surface area contributed by atoms with Crippen LogP contribution in [0.15, 0.2) is 45.6 Å². The topological polar surface area (TPSA) is 87.7 Å². The molecule has 0 bridgehead atoms. The zero-order valence-electron chi connectivity index (χ0n) is 10.9. The molecule has 0 spiro atoms. The number of carboxylic acids is 1. The quantitative estimate of drug-likeness (QED) is 0.879. The van der Waals surface area contributed by atoms with Gasteiger partial charge >= 0.3 is 11.6 Å². The van der Waals surface area contributed by atoms with Crippen molar-refractivity contribution in [3.63, 3.8) is 0 Å². The molecule has 0 unspecified atom stereocenters. The molecule has 0 fully saturated rings. The summed E-state index contributed by atoms with van der Waals surface area (Å²) < 4.78 is 5.08. The Morgan fingerprint density at radius 3 is 2.62 bits per heavy atom. The van der Waals surface area contributed by atoms with Gasteiger partial charge in [0.25, 0.3) is 0 Å². The van der Waals surface area contributed by atoms with Gasteiger partial charge in [0, 0.05) is 17.5 Å². The summed E-state index contributed by atoms with van der Waals surface area (Å²) in [5.41, 5.74) is 0.199. The summed E-state index contributed by atoms with van der Waals surface area (Å²) in [6, 6.07) is 8.81. The van der Waals surface area contributed by atoms with E-state index < -0.39 is 17.7 Å². The maximum Gasteiger partial charge on any atom is 0.351 e. The minimum absolute atomic E-state index is 0.154. The van der Waals surface area contributed by atoms with Crippen LogP contribution in [0.2, 0.25) is 0 Å². The number of fused-ring (bicyclic) bond motifs is 1. The van der Waals surface area contributed by atoms with Gasteiger partial charge in [0.2, 0.25) is 0 Å². The molecule has 5 heteroatoms. The van der Waals surface area contributed by atoms with E-state index in [0.717, 1.165) is 0 Å². The lowest BCUT2D eigenvalue weighted by molar-refractivity contribution is 0.0692. The molecule has 106 valence electrons. The maximum atomic E-state index is 12.0. The highest BCUT2D eigenvalue weighted by molar-refractivity contribution is 5.98. The molecule has 1 aromatic heterocycles. The van der Waals surface area contributed by atoms with Crippen molar-refractivity contribution in [1.29, 1.82) is 0 Å². The fourth-order valence-corrected chi connectivity index (χ4v) is 2.49. The van der Waals surface area contributed by atoms with Crippen LogP contribution < -0.4 is 5.63 Å². The van der Waals surface area contributed by atoms with E-state index in [2.05, 4.69) is 0 Å². The maximum absolute atomic E-state index is 12.0. The van der Waals surface area contributed by atoms with Crippen molar-refractivity contribution in [2.24, 2.45) is 0 Å². The molecule has 3 rings (SSSR count). The number of rotatable bonds is 2. The molecule has 0 saturated carbocycles. The zero-order chi connectivity index (χ0) is 15.0. The second-order valence-electron chi connectivity index (χ2n) is 4.78. The van der Waals surface area contributed by atoms with E-state index >= 15 is 0 Å². The van der Waals surface area contributed by atoms with Crippen molar-refractivity contribution in [1.82, 2.24) is 0 Å². The lowest BCUT2D eigenvalue weighted by atomic mass is 9.91. The zero-order valence-corrected chi connectivity index (χ0v) is 10.9. The average Bonchev–Trinajstić information content (AvgIpc) is 2.46. The molecule has 2 aromatic rings. The molecule has 1 heterocycles. The Morgan fingerprint density at radius 1 is 1.24 bits per heavy atom. The van der Waals surface area contributed by atoms with Crippen LogP contribution in [0.4, 0.5) is 0 Å². The summed E-state index contributed by atoms with van der Waals surface area (Å²) in [6.07, 6.45) is 2.57. The van der Waals surface area contributed by atoms with Gasteiger partial charge in [-0.1, -0.05) is 42.5 Å². The number of benzene rings is 1. The molecule has 0 radical (unpaired) electrons. The number of carbonyl (C=O) groups is 1. The third-order valence-electron chi connectivity index (χ3n) is 3.40. The van der Waals surface area contributed by atoms with Crippen molar-refractivity contribution in [2.75, 3.05) is 0 Å². The fraction of sp³-hybridized carbons (Fsp3) is 0.125. The first kappa shape index (κ1) is 13.3. The van der Waals surface area contributed by atoms with Gasteiger partial charge in [-0.15, -0.1) is 0 Å². The minimum atomic E-state index is -1.33. The Hall–Kier alpha value is -2.66. The highest BCUT2D eigenvalue weighted by Gasteiger charge is 2.26. The van der Waals surface area contributed by atoms with E-state index in [1.54, 1.807) is 42.5 Å². The third kappa shape index (κ3) is 2.28. The van der Waals surface area contributed by atoms with E-state index in [-0.39, 0.29) is 12.0 Å². The number of hydrogen-bond donors (Lipinski definition) is 2. The van der Waals surface area contributed by atoms with Gasteiger partial charge in [0.05, 0.1) is 6.10 Å². The fourth-order valence-electron chi connectivity index (χ4n) is 2.49. The Morgan fingerprint density at radius 2 is 1.95 bits per heavy atom. The van der Waals surface area contributed by atoms with Crippen LogP contribution in [0.5, 0.6) is 0 Å². The van der Waals surface area contributed by atoms with Gasteiger partial charge in [0.1, 0.15) is 5.76 Å². The first-order valence-corrected chi connectivity index (χ1v) is 6.43. The number of hydrogen-bond acceptors (Lipinski definition) is 4. The first-order valence-electron chi connectivity index (χ1n) is 6.43. The highest BCUT2D eigenvalue weighted by atomic mass is 16.4. The average molecular weight is 284 g/mol. The molecule has 1 aromatic carbocycles. The number of aliphatic hydroxyl groups excluding tert-OH is 1. The predicted octanol–water partition coefficient (Wildman–Crippen LogP) is 1.94. The molecule has 1 atom stereocenters. The molecule has 0 amide bonds.